The van der Waals surface area contributed by atoms with Crippen molar-refractivity contribution in [3.05, 3.63) is 28.8 Å². The van der Waals surface area contributed by atoms with Crippen molar-refractivity contribution in [3.63, 3.8) is 0 Å². The largest absolute Gasteiger partial charge is 0.392 e. The van der Waals surface area contributed by atoms with E-state index in [0.717, 1.165) is 22.6 Å². The summed E-state index contributed by atoms with van der Waals surface area (Å²) in [5, 5.41) is 4.62. The van der Waals surface area contributed by atoms with Crippen LogP contribution < -0.4 is 0 Å². The van der Waals surface area contributed by atoms with E-state index in [9.17, 15) is 4.79 Å². The third-order valence-electron chi connectivity index (χ3n) is 2.64. The van der Waals surface area contributed by atoms with Crippen LogP contribution in [0, 0.1) is 6.92 Å². The van der Waals surface area contributed by atoms with E-state index in [-0.39, 0.29) is 11.2 Å². The summed E-state index contributed by atoms with van der Waals surface area (Å²) in [4.78, 5) is 18.0. The summed E-state index contributed by atoms with van der Waals surface area (Å²) in [6.07, 6.45) is 1.03. The third kappa shape index (κ3) is 3.50. The van der Waals surface area contributed by atoms with E-state index in [0.29, 0.717) is 11.4 Å². The van der Waals surface area contributed by atoms with E-state index in [1.165, 1.54) is 11.8 Å². The molecule has 0 aliphatic carbocycles. The van der Waals surface area contributed by atoms with Gasteiger partial charge < -0.3 is 4.84 Å². The van der Waals surface area contributed by atoms with Crippen molar-refractivity contribution in [2.75, 3.05) is 0 Å². The van der Waals surface area contributed by atoms with E-state index in [1.54, 1.807) is 6.07 Å². The lowest BCUT2D eigenvalue weighted by molar-refractivity contribution is -0.113. The minimum Gasteiger partial charge on any atom is -0.392 e. The van der Waals surface area contributed by atoms with Gasteiger partial charge >= 0.3 is 0 Å². The topological polar surface area (TPSA) is 38.7 Å². The highest BCUT2D eigenvalue weighted by atomic mass is 35.5. The van der Waals surface area contributed by atoms with Gasteiger partial charge in [0.05, 0.1) is 12.1 Å². The molecule has 1 heterocycles. The first-order valence-electron chi connectivity index (χ1n) is 5.70. The molecule has 0 radical (unpaired) electrons. The van der Waals surface area contributed by atoms with Gasteiger partial charge in [0, 0.05) is 16.3 Å². The van der Waals surface area contributed by atoms with E-state index in [2.05, 4.69) is 5.16 Å². The lowest BCUT2D eigenvalue weighted by Gasteiger charge is -2.08. The Morgan fingerprint density at radius 2 is 2.33 bits per heavy atom. The first kappa shape index (κ1) is 13.4. The summed E-state index contributed by atoms with van der Waals surface area (Å²) >= 11 is 7.12. The molecule has 0 amide bonds. The first-order chi connectivity index (χ1) is 8.54. The van der Waals surface area contributed by atoms with E-state index in [4.69, 9.17) is 16.4 Å². The maximum absolute atomic E-state index is 11.9. The van der Waals surface area contributed by atoms with Gasteiger partial charge in [0.25, 0.3) is 0 Å². The van der Waals surface area contributed by atoms with Gasteiger partial charge in [0.15, 0.2) is 5.12 Å². The molecule has 18 heavy (non-hydrogen) atoms. The van der Waals surface area contributed by atoms with Crippen molar-refractivity contribution in [1.82, 2.24) is 0 Å². The van der Waals surface area contributed by atoms with Crippen LogP contribution >= 0.6 is 23.4 Å². The fraction of sp³-hybridized carbons (Fsp3) is 0.385. The molecule has 1 aliphatic rings. The van der Waals surface area contributed by atoms with Gasteiger partial charge in [-0.05, 0) is 37.6 Å². The Kier molecular flexibility index (Phi) is 4.30. The number of nitrogens with zero attached hydrogens (tertiary/aromatic N) is 1. The normalized spacial score (nSPS) is 18.4. The molecule has 5 heteroatoms. The van der Waals surface area contributed by atoms with Crippen molar-refractivity contribution >= 4 is 34.2 Å². The summed E-state index contributed by atoms with van der Waals surface area (Å²) in [5.41, 5.74) is 1.96. The SMILES string of the molecule is CC1=NOC(CC(=O)Sc2ccc(Cl)cc2C)C1. The molecule has 0 fully saturated rings. The lowest BCUT2D eigenvalue weighted by atomic mass is 10.1. The Bertz CT molecular complexity index is 502. The number of benzene rings is 1. The summed E-state index contributed by atoms with van der Waals surface area (Å²) in [7, 11) is 0. The van der Waals surface area contributed by atoms with Crippen LogP contribution in [0.4, 0.5) is 0 Å². The van der Waals surface area contributed by atoms with Crippen LogP contribution in [0.3, 0.4) is 0 Å². The third-order valence-corrected chi connectivity index (χ3v) is 3.94. The summed E-state index contributed by atoms with van der Waals surface area (Å²) in [5.74, 6) is 0. The molecule has 1 aliphatic heterocycles. The maximum Gasteiger partial charge on any atom is 0.197 e. The second kappa shape index (κ2) is 5.76. The molecule has 0 N–H and O–H groups in total. The Morgan fingerprint density at radius 3 is 2.94 bits per heavy atom. The molecule has 96 valence electrons. The first-order valence-corrected chi connectivity index (χ1v) is 6.90. The number of carbonyl (C=O) groups excluding carboxylic acids is 1. The summed E-state index contributed by atoms with van der Waals surface area (Å²) < 4.78 is 0. The fourth-order valence-electron chi connectivity index (χ4n) is 1.76. The lowest BCUT2D eigenvalue weighted by Crippen LogP contribution is -2.11. The average molecular weight is 284 g/mol. The highest BCUT2D eigenvalue weighted by Gasteiger charge is 2.22. The van der Waals surface area contributed by atoms with Crippen LogP contribution in [-0.4, -0.2) is 16.9 Å². The average Bonchev–Trinajstić information content (AvgIpc) is 2.68. The van der Waals surface area contributed by atoms with Gasteiger partial charge in [-0.3, -0.25) is 4.79 Å². The smallest absolute Gasteiger partial charge is 0.197 e. The van der Waals surface area contributed by atoms with Crippen molar-refractivity contribution in [1.29, 1.82) is 0 Å². The van der Waals surface area contributed by atoms with Crippen molar-refractivity contribution in [2.24, 2.45) is 5.16 Å². The van der Waals surface area contributed by atoms with Crippen LogP contribution in [0.25, 0.3) is 0 Å². The molecule has 2 rings (SSSR count). The Labute approximate surface area is 116 Å². The van der Waals surface area contributed by atoms with Gasteiger partial charge in [-0.1, -0.05) is 28.5 Å². The van der Waals surface area contributed by atoms with E-state index >= 15 is 0 Å². The molecule has 0 spiro atoms. The minimum absolute atomic E-state index is 0.0929. The number of hydrogen-bond donors (Lipinski definition) is 0. The van der Waals surface area contributed by atoms with Crippen molar-refractivity contribution < 1.29 is 9.63 Å². The molecule has 0 saturated heterocycles. The highest BCUT2D eigenvalue weighted by molar-refractivity contribution is 8.13. The van der Waals surface area contributed by atoms with Gasteiger partial charge in [-0.2, -0.15) is 0 Å². The number of rotatable bonds is 3. The molecular formula is C13H14ClNO2S. The molecule has 1 atom stereocenters. The standard InChI is InChI=1S/C13H14ClNO2S/c1-8-5-10(14)3-4-12(8)18-13(16)7-11-6-9(2)15-17-11/h3-5,11H,6-7H2,1-2H3. The van der Waals surface area contributed by atoms with E-state index < -0.39 is 0 Å². The van der Waals surface area contributed by atoms with Gasteiger partial charge in [0.2, 0.25) is 0 Å². The Hall–Kier alpha value is -1.00. The second-order valence-corrected chi connectivity index (χ2v) is 5.88. The highest BCUT2D eigenvalue weighted by Crippen LogP contribution is 2.28. The number of hydrogen-bond acceptors (Lipinski definition) is 4. The Morgan fingerprint density at radius 1 is 1.56 bits per heavy atom. The molecule has 0 aromatic heterocycles. The fourth-order valence-corrected chi connectivity index (χ4v) is 2.85. The van der Waals surface area contributed by atoms with Crippen LogP contribution in [0.5, 0.6) is 0 Å². The van der Waals surface area contributed by atoms with Crippen LogP contribution in [-0.2, 0) is 9.63 Å². The number of thioether (sulfide) groups is 1. The second-order valence-electron chi connectivity index (χ2n) is 4.35. The minimum atomic E-state index is -0.0994. The number of aryl methyl sites for hydroxylation is 1. The quantitative estimate of drug-likeness (QED) is 0.792. The maximum atomic E-state index is 11.9. The molecule has 1 aromatic rings. The summed E-state index contributed by atoms with van der Waals surface area (Å²) in [6.45, 7) is 3.85. The number of carbonyl (C=O) groups is 1. The Balaban J connectivity index is 1.91. The zero-order valence-electron chi connectivity index (χ0n) is 10.3. The van der Waals surface area contributed by atoms with Gasteiger partial charge in [-0.25, -0.2) is 0 Å². The molecule has 3 nitrogen and oxygen atoms in total. The molecule has 0 saturated carbocycles. The number of halogens is 1. The predicted molar refractivity (Wildman–Crippen MR) is 74.3 cm³/mol. The zero-order chi connectivity index (χ0) is 13.1. The van der Waals surface area contributed by atoms with Gasteiger partial charge in [0.1, 0.15) is 6.10 Å². The predicted octanol–water partition coefficient (Wildman–Crippen LogP) is 3.82. The molecule has 1 unspecified atom stereocenters. The zero-order valence-corrected chi connectivity index (χ0v) is 11.8. The van der Waals surface area contributed by atoms with Crippen LogP contribution in [0.1, 0.15) is 25.3 Å². The monoisotopic (exact) mass is 283 g/mol. The molecular weight excluding hydrogens is 270 g/mol. The van der Waals surface area contributed by atoms with Gasteiger partial charge in [-0.15, -0.1) is 0 Å². The number of oxime groups is 1. The van der Waals surface area contributed by atoms with Crippen molar-refractivity contribution in [2.45, 2.75) is 37.7 Å². The van der Waals surface area contributed by atoms with E-state index in [1.807, 2.05) is 26.0 Å². The van der Waals surface area contributed by atoms with Crippen LogP contribution in [0.15, 0.2) is 28.3 Å². The molecule has 0 bridgehead atoms. The summed E-state index contributed by atoms with van der Waals surface area (Å²) in [6, 6.07) is 5.53. The van der Waals surface area contributed by atoms with Crippen LogP contribution in [0.2, 0.25) is 5.02 Å². The van der Waals surface area contributed by atoms with Crippen molar-refractivity contribution in [3.8, 4) is 0 Å². The molecule has 1 aromatic carbocycles.